The monoisotopic (exact) mass is 194 g/mol. The van der Waals surface area contributed by atoms with Crippen LogP contribution in [0.3, 0.4) is 0 Å². The second kappa shape index (κ2) is 4.45. The molecule has 0 aromatic carbocycles. The second-order valence-electron chi connectivity index (χ2n) is 2.72. The number of rotatable bonds is 4. The average molecular weight is 194 g/mol. The smallest absolute Gasteiger partial charge is 0.321 e. The summed E-state index contributed by atoms with van der Waals surface area (Å²) in [5.74, 6) is -1.21. The van der Waals surface area contributed by atoms with Crippen molar-refractivity contribution in [1.29, 1.82) is 0 Å². The predicted molar refractivity (Wildman–Crippen MR) is 45.6 cm³/mol. The van der Waals surface area contributed by atoms with Gasteiger partial charge in [0.15, 0.2) is 9.84 Å². The maximum Gasteiger partial charge on any atom is 0.321 e. The molecule has 5 heteroatoms. The molecule has 0 aliphatic rings. The normalized spacial score (nSPS) is 11.7. The van der Waals surface area contributed by atoms with Crippen LogP contribution in [0, 0.1) is 0 Å². The van der Waals surface area contributed by atoms with E-state index >= 15 is 0 Å². The molecule has 0 amide bonds. The van der Waals surface area contributed by atoms with Crippen LogP contribution in [0.5, 0.6) is 0 Å². The maximum atomic E-state index is 10.9. The highest BCUT2D eigenvalue weighted by Crippen LogP contribution is 1.94. The first kappa shape index (κ1) is 11.4. The Morgan fingerprint density at radius 1 is 1.42 bits per heavy atom. The van der Waals surface area contributed by atoms with Gasteiger partial charge in [0, 0.05) is 5.75 Å². The lowest BCUT2D eigenvalue weighted by Gasteiger charge is -2.06. The summed E-state index contributed by atoms with van der Waals surface area (Å²) in [6.07, 6.45) is -0.260. The van der Waals surface area contributed by atoms with Gasteiger partial charge in [-0.15, -0.1) is 0 Å². The minimum Gasteiger partial charge on any atom is -0.462 e. The van der Waals surface area contributed by atoms with E-state index in [2.05, 4.69) is 4.74 Å². The lowest BCUT2D eigenvalue weighted by Crippen LogP contribution is -2.22. The van der Waals surface area contributed by atoms with Crippen molar-refractivity contribution in [3.8, 4) is 0 Å². The van der Waals surface area contributed by atoms with Crippen LogP contribution in [0.15, 0.2) is 0 Å². The van der Waals surface area contributed by atoms with Gasteiger partial charge >= 0.3 is 5.97 Å². The van der Waals surface area contributed by atoms with Crippen LogP contribution in [-0.2, 0) is 19.4 Å². The van der Waals surface area contributed by atoms with Gasteiger partial charge in [-0.1, -0.05) is 6.92 Å². The number of carbonyl (C=O) groups excluding carboxylic acids is 1. The standard InChI is InChI=1S/C7H14O4S/c1-4-12(9,10)5-7(8)11-6(2)3/h6H,4-5H2,1-3H3. The Morgan fingerprint density at radius 3 is 2.25 bits per heavy atom. The first-order valence-corrected chi connectivity index (χ1v) is 5.59. The lowest BCUT2D eigenvalue weighted by molar-refractivity contribution is -0.144. The minimum atomic E-state index is -3.24. The third-order valence-electron chi connectivity index (χ3n) is 1.14. The average Bonchev–Trinajstić information content (AvgIpc) is 1.84. The molecule has 0 unspecified atom stereocenters. The molecule has 0 aromatic heterocycles. The van der Waals surface area contributed by atoms with Crippen LogP contribution in [-0.4, -0.2) is 32.0 Å². The third-order valence-corrected chi connectivity index (χ3v) is 2.70. The SMILES string of the molecule is CCS(=O)(=O)CC(=O)OC(C)C. The number of carbonyl (C=O) groups is 1. The van der Waals surface area contributed by atoms with E-state index in [1.165, 1.54) is 6.92 Å². The summed E-state index contributed by atoms with van der Waals surface area (Å²) in [6, 6.07) is 0. The Morgan fingerprint density at radius 2 is 1.92 bits per heavy atom. The van der Waals surface area contributed by atoms with Gasteiger partial charge in [-0.05, 0) is 13.8 Å². The van der Waals surface area contributed by atoms with E-state index < -0.39 is 21.6 Å². The van der Waals surface area contributed by atoms with Crippen LogP contribution in [0.2, 0.25) is 0 Å². The van der Waals surface area contributed by atoms with E-state index in [0.29, 0.717) is 0 Å². The second-order valence-corrected chi connectivity index (χ2v) is 5.07. The molecule has 0 aromatic rings. The van der Waals surface area contributed by atoms with Gasteiger partial charge in [-0.25, -0.2) is 8.42 Å². The van der Waals surface area contributed by atoms with E-state index in [4.69, 9.17) is 0 Å². The minimum absolute atomic E-state index is 0.0276. The van der Waals surface area contributed by atoms with E-state index in [9.17, 15) is 13.2 Å². The highest BCUT2D eigenvalue weighted by molar-refractivity contribution is 7.92. The molecule has 0 bridgehead atoms. The van der Waals surface area contributed by atoms with Gasteiger partial charge in [0.25, 0.3) is 0 Å². The lowest BCUT2D eigenvalue weighted by atomic mass is 10.5. The van der Waals surface area contributed by atoms with E-state index in [1.54, 1.807) is 13.8 Å². The van der Waals surface area contributed by atoms with Crippen molar-refractivity contribution in [2.24, 2.45) is 0 Å². The molecule has 0 spiro atoms. The van der Waals surface area contributed by atoms with Crippen LogP contribution >= 0.6 is 0 Å². The Bertz CT molecular complexity index is 240. The van der Waals surface area contributed by atoms with E-state index in [0.717, 1.165) is 0 Å². The molecule has 72 valence electrons. The van der Waals surface area contributed by atoms with Gasteiger partial charge < -0.3 is 4.74 Å². The number of hydrogen-bond donors (Lipinski definition) is 0. The van der Waals surface area contributed by atoms with Crippen molar-refractivity contribution in [1.82, 2.24) is 0 Å². The Kier molecular flexibility index (Phi) is 4.23. The fraction of sp³-hybridized carbons (Fsp3) is 0.857. The summed E-state index contributed by atoms with van der Waals surface area (Å²) in [6.45, 7) is 4.85. The summed E-state index contributed by atoms with van der Waals surface area (Å²) < 4.78 is 26.5. The Hall–Kier alpha value is -0.580. The van der Waals surface area contributed by atoms with Gasteiger partial charge in [-0.3, -0.25) is 4.79 Å². The molecule has 12 heavy (non-hydrogen) atoms. The van der Waals surface area contributed by atoms with E-state index in [-0.39, 0.29) is 11.9 Å². The molecule has 0 atom stereocenters. The van der Waals surface area contributed by atoms with Crippen molar-refractivity contribution in [2.75, 3.05) is 11.5 Å². The van der Waals surface area contributed by atoms with Crippen molar-refractivity contribution >= 4 is 15.8 Å². The third kappa shape index (κ3) is 5.12. The molecule has 0 rings (SSSR count). The first-order valence-electron chi connectivity index (χ1n) is 3.77. The molecule has 0 saturated heterocycles. The number of sulfone groups is 1. The molecule has 4 nitrogen and oxygen atoms in total. The molecule has 0 N–H and O–H groups in total. The summed E-state index contributed by atoms with van der Waals surface area (Å²) >= 11 is 0. The fourth-order valence-electron chi connectivity index (χ4n) is 0.579. The molecule has 0 saturated carbocycles. The van der Waals surface area contributed by atoms with Gasteiger partial charge in [-0.2, -0.15) is 0 Å². The fourth-order valence-corrected chi connectivity index (χ4v) is 1.21. The zero-order valence-electron chi connectivity index (χ0n) is 7.53. The van der Waals surface area contributed by atoms with Crippen LogP contribution in [0.1, 0.15) is 20.8 Å². The zero-order valence-corrected chi connectivity index (χ0v) is 8.35. The highest BCUT2D eigenvalue weighted by Gasteiger charge is 2.15. The maximum absolute atomic E-state index is 10.9. The molecule has 0 aliphatic carbocycles. The highest BCUT2D eigenvalue weighted by atomic mass is 32.2. The number of esters is 1. The van der Waals surface area contributed by atoms with Gasteiger partial charge in [0.1, 0.15) is 5.75 Å². The van der Waals surface area contributed by atoms with Crippen molar-refractivity contribution < 1.29 is 17.9 Å². The first-order chi connectivity index (χ1) is 5.37. The van der Waals surface area contributed by atoms with Crippen LogP contribution in [0.25, 0.3) is 0 Å². The van der Waals surface area contributed by atoms with Gasteiger partial charge in [0.2, 0.25) is 0 Å². The number of ether oxygens (including phenoxy) is 1. The summed E-state index contributed by atoms with van der Waals surface area (Å²) in [5.41, 5.74) is 0. The Balaban J connectivity index is 4.02. The predicted octanol–water partition coefficient (Wildman–Crippen LogP) is 0.373. The zero-order chi connectivity index (χ0) is 9.78. The summed E-state index contributed by atoms with van der Waals surface area (Å²) in [4.78, 5) is 10.8. The van der Waals surface area contributed by atoms with Crippen molar-refractivity contribution in [3.05, 3.63) is 0 Å². The largest absolute Gasteiger partial charge is 0.462 e. The van der Waals surface area contributed by atoms with E-state index in [1.807, 2.05) is 0 Å². The molecule has 0 aliphatic heterocycles. The van der Waals surface area contributed by atoms with Crippen molar-refractivity contribution in [2.45, 2.75) is 26.9 Å². The quantitative estimate of drug-likeness (QED) is 0.607. The summed E-state index contributed by atoms with van der Waals surface area (Å²) in [5, 5.41) is 0. The molecule has 0 heterocycles. The van der Waals surface area contributed by atoms with Crippen molar-refractivity contribution in [3.63, 3.8) is 0 Å². The molecule has 0 fully saturated rings. The number of hydrogen-bond acceptors (Lipinski definition) is 4. The molecule has 0 radical (unpaired) electrons. The topological polar surface area (TPSA) is 60.4 Å². The Labute approximate surface area is 72.8 Å². The molecular formula is C7H14O4S. The summed E-state index contributed by atoms with van der Waals surface area (Å²) in [7, 11) is -3.24. The van der Waals surface area contributed by atoms with Crippen LogP contribution < -0.4 is 0 Å². The molecular weight excluding hydrogens is 180 g/mol. The van der Waals surface area contributed by atoms with Gasteiger partial charge in [0.05, 0.1) is 6.10 Å². The van der Waals surface area contributed by atoms with Crippen LogP contribution in [0.4, 0.5) is 0 Å².